The van der Waals surface area contributed by atoms with Crippen molar-refractivity contribution in [1.29, 1.82) is 0 Å². The molecule has 0 radical (unpaired) electrons. The van der Waals surface area contributed by atoms with Crippen molar-refractivity contribution in [3.05, 3.63) is 0 Å². The third kappa shape index (κ3) is 5.04. The van der Waals surface area contributed by atoms with Gasteiger partial charge in [0.2, 0.25) is 0 Å². The average molecular weight is 210 g/mol. The molecular weight excluding hydrogens is 180 g/mol. The van der Waals surface area contributed by atoms with Crippen molar-refractivity contribution in [2.24, 2.45) is 17.8 Å². The Morgan fingerprint density at radius 1 is 0.867 bits per heavy atom. The van der Waals surface area contributed by atoms with Crippen LogP contribution in [-0.4, -0.2) is 0 Å². The third-order valence-electron chi connectivity index (χ3n) is 4.35. The highest BCUT2D eigenvalue weighted by molar-refractivity contribution is 4.70. The molecule has 0 spiro atoms. The second kappa shape index (κ2) is 7.30. The van der Waals surface area contributed by atoms with Crippen molar-refractivity contribution in [3.8, 4) is 0 Å². The summed E-state index contributed by atoms with van der Waals surface area (Å²) in [6.07, 6.45) is 13.2. The van der Waals surface area contributed by atoms with Gasteiger partial charge in [-0.05, 0) is 17.8 Å². The maximum atomic E-state index is 2.49. The van der Waals surface area contributed by atoms with Gasteiger partial charge in [0.15, 0.2) is 0 Å². The van der Waals surface area contributed by atoms with Crippen LogP contribution in [0.3, 0.4) is 0 Å². The molecule has 1 aliphatic carbocycles. The van der Waals surface area contributed by atoms with E-state index in [1.807, 2.05) is 0 Å². The van der Waals surface area contributed by atoms with Gasteiger partial charge in [-0.2, -0.15) is 0 Å². The summed E-state index contributed by atoms with van der Waals surface area (Å²) in [7, 11) is 0. The Kier molecular flexibility index (Phi) is 6.36. The first kappa shape index (κ1) is 13.1. The van der Waals surface area contributed by atoms with Gasteiger partial charge in [0.1, 0.15) is 0 Å². The van der Waals surface area contributed by atoms with Crippen molar-refractivity contribution in [2.75, 3.05) is 0 Å². The summed E-state index contributed by atoms with van der Waals surface area (Å²) >= 11 is 0. The summed E-state index contributed by atoms with van der Waals surface area (Å²) in [5.41, 5.74) is 0. The highest BCUT2D eigenvalue weighted by atomic mass is 14.2. The van der Waals surface area contributed by atoms with Crippen LogP contribution in [0.25, 0.3) is 0 Å². The van der Waals surface area contributed by atoms with Crippen LogP contribution in [0.1, 0.15) is 78.6 Å². The summed E-state index contributed by atoms with van der Waals surface area (Å²) in [5, 5.41) is 0. The van der Waals surface area contributed by atoms with E-state index >= 15 is 0 Å². The van der Waals surface area contributed by atoms with Crippen LogP contribution >= 0.6 is 0 Å². The van der Waals surface area contributed by atoms with Gasteiger partial charge in [-0.15, -0.1) is 0 Å². The van der Waals surface area contributed by atoms with Crippen LogP contribution in [0, 0.1) is 17.8 Å². The van der Waals surface area contributed by atoms with Crippen LogP contribution in [0.4, 0.5) is 0 Å². The first-order valence-electron chi connectivity index (χ1n) is 7.24. The molecule has 0 aromatic carbocycles. The SMILES string of the molecule is CCCC1CCCCCC(C)CCC1C. The Morgan fingerprint density at radius 2 is 1.60 bits per heavy atom. The van der Waals surface area contributed by atoms with E-state index < -0.39 is 0 Å². The Bertz CT molecular complexity index is 150. The standard InChI is InChI=1S/C15H30/c1-4-8-15-10-7-5-6-9-13(2)11-12-14(15)3/h13-15H,4-12H2,1-3H3. The first-order valence-corrected chi connectivity index (χ1v) is 7.24. The molecule has 3 unspecified atom stereocenters. The molecule has 90 valence electrons. The van der Waals surface area contributed by atoms with Crippen molar-refractivity contribution >= 4 is 0 Å². The Balaban J connectivity index is 2.41. The molecule has 0 N–H and O–H groups in total. The van der Waals surface area contributed by atoms with Gasteiger partial charge in [0.05, 0.1) is 0 Å². The molecule has 1 rings (SSSR count). The highest BCUT2D eigenvalue weighted by Crippen LogP contribution is 2.31. The zero-order valence-corrected chi connectivity index (χ0v) is 11.1. The van der Waals surface area contributed by atoms with E-state index in [1.165, 1.54) is 57.8 Å². The lowest BCUT2D eigenvalue weighted by Gasteiger charge is -2.26. The third-order valence-corrected chi connectivity index (χ3v) is 4.35. The maximum Gasteiger partial charge on any atom is -0.0389 e. The van der Waals surface area contributed by atoms with E-state index in [0.717, 1.165) is 17.8 Å². The van der Waals surface area contributed by atoms with E-state index in [0.29, 0.717) is 0 Å². The Labute approximate surface area is 96.8 Å². The van der Waals surface area contributed by atoms with Crippen LogP contribution < -0.4 is 0 Å². The van der Waals surface area contributed by atoms with Crippen molar-refractivity contribution in [2.45, 2.75) is 78.6 Å². The molecule has 0 saturated heterocycles. The number of hydrogen-bond donors (Lipinski definition) is 0. The molecule has 0 aromatic rings. The van der Waals surface area contributed by atoms with Gasteiger partial charge in [-0.1, -0.05) is 78.6 Å². The average Bonchev–Trinajstić information content (AvgIpc) is 2.23. The normalized spacial score (nSPS) is 35.0. The molecule has 0 heteroatoms. The van der Waals surface area contributed by atoms with Crippen LogP contribution in [0.2, 0.25) is 0 Å². The minimum absolute atomic E-state index is 0.977. The van der Waals surface area contributed by atoms with Crippen molar-refractivity contribution in [1.82, 2.24) is 0 Å². The zero-order chi connectivity index (χ0) is 11.1. The predicted octanol–water partition coefficient (Wildman–Crippen LogP) is 5.42. The molecule has 1 aliphatic rings. The summed E-state index contributed by atoms with van der Waals surface area (Å²) in [6.45, 7) is 7.28. The molecular formula is C15H30. The molecule has 0 aromatic heterocycles. The summed E-state index contributed by atoms with van der Waals surface area (Å²) in [5.74, 6) is 2.98. The maximum absolute atomic E-state index is 2.49. The van der Waals surface area contributed by atoms with Crippen LogP contribution in [0.5, 0.6) is 0 Å². The van der Waals surface area contributed by atoms with Gasteiger partial charge in [0, 0.05) is 0 Å². The van der Waals surface area contributed by atoms with Crippen molar-refractivity contribution < 1.29 is 0 Å². The van der Waals surface area contributed by atoms with E-state index in [4.69, 9.17) is 0 Å². The fourth-order valence-corrected chi connectivity index (χ4v) is 3.09. The second-order valence-electron chi connectivity index (χ2n) is 5.85. The van der Waals surface area contributed by atoms with Gasteiger partial charge in [-0.3, -0.25) is 0 Å². The minimum atomic E-state index is 0.977. The molecule has 1 saturated carbocycles. The lowest BCUT2D eigenvalue weighted by atomic mass is 9.80. The summed E-state index contributed by atoms with van der Waals surface area (Å²) in [4.78, 5) is 0. The lowest BCUT2D eigenvalue weighted by molar-refractivity contribution is 0.256. The smallest absolute Gasteiger partial charge is 0.0389 e. The van der Waals surface area contributed by atoms with E-state index in [-0.39, 0.29) is 0 Å². The number of rotatable bonds is 2. The second-order valence-corrected chi connectivity index (χ2v) is 5.85. The van der Waals surface area contributed by atoms with Gasteiger partial charge in [-0.25, -0.2) is 0 Å². The summed E-state index contributed by atoms with van der Waals surface area (Å²) in [6, 6.07) is 0. The largest absolute Gasteiger partial charge is 0.0654 e. The van der Waals surface area contributed by atoms with Crippen molar-refractivity contribution in [3.63, 3.8) is 0 Å². The lowest BCUT2D eigenvalue weighted by Crippen LogP contribution is -2.14. The fraction of sp³-hybridized carbons (Fsp3) is 1.00. The minimum Gasteiger partial charge on any atom is -0.0654 e. The highest BCUT2D eigenvalue weighted by Gasteiger charge is 2.18. The van der Waals surface area contributed by atoms with E-state index in [1.54, 1.807) is 0 Å². The molecule has 3 atom stereocenters. The first-order chi connectivity index (χ1) is 7.24. The Hall–Kier alpha value is 0. The molecule has 0 bridgehead atoms. The van der Waals surface area contributed by atoms with Gasteiger partial charge >= 0.3 is 0 Å². The zero-order valence-electron chi connectivity index (χ0n) is 11.1. The van der Waals surface area contributed by atoms with Crippen LogP contribution in [-0.2, 0) is 0 Å². The van der Waals surface area contributed by atoms with E-state index in [9.17, 15) is 0 Å². The topological polar surface area (TPSA) is 0 Å². The molecule has 1 fully saturated rings. The quantitative estimate of drug-likeness (QED) is 0.571. The van der Waals surface area contributed by atoms with Crippen LogP contribution in [0.15, 0.2) is 0 Å². The van der Waals surface area contributed by atoms with Gasteiger partial charge < -0.3 is 0 Å². The molecule has 15 heavy (non-hydrogen) atoms. The van der Waals surface area contributed by atoms with Gasteiger partial charge in [0.25, 0.3) is 0 Å². The Morgan fingerprint density at radius 3 is 2.33 bits per heavy atom. The summed E-state index contributed by atoms with van der Waals surface area (Å²) < 4.78 is 0. The molecule has 0 heterocycles. The predicted molar refractivity (Wildman–Crippen MR) is 69.0 cm³/mol. The molecule has 0 aliphatic heterocycles. The number of hydrogen-bond acceptors (Lipinski definition) is 0. The fourth-order valence-electron chi connectivity index (χ4n) is 3.09. The monoisotopic (exact) mass is 210 g/mol. The molecule has 0 nitrogen and oxygen atoms in total. The van der Waals surface area contributed by atoms with E-state index in [2.05, 4.69) is 20.8 Å². The molecule has 0 amide bonds.